The van der Waals surface area contributed by atoms with E-state index in [-0.39, 0.29) is 23.3 Å². The average molecular weight is 241 g/mol. The van der Waals surface area contributed by atoms with Gasteiger partial charge in [-0.2, -0.15) is 0 Å². The largest absolute Gasteiger partial charge is 0.355 e. The van der Waals surface area contributed by atoms with Gasteiger partial charge in [-0.15, -0.1) is 0 Å². The summed E-state index contributed by atoms with van der Waals surface area (Å²) < 4.78 is 0. The van der Waals surface area contributed by atoms with Crippen molar-refractivity contribution in [1.82, 2.24) is 10.6 Å². The lowest BCUT2D eigenvalue weighted by molar-refractivity contribution is -0.135. The molecule has 0 atom stereocenters. The summed E-state index contributed by atoms with van der Waals surface area (Å²) in [4.78, 5) is 23.2. The van der Waals surface area contributed by atoms with Crippen molar-refractivity contribution in [3.8, 4) is 0 Å². The van der Waals surface area contributed by atoms with Crippen LogP contribution in [0, 0.1) is 5.41 Å². The fourth-order valence-corrected chi connectivity index (χ4v) is 2.00. The molecule has 5 nitrogen and oxygen atoms in total. The standard InChI is InChI=1S/C12H23N3O2/c1-9(2)15-10(16)4-7-14-11(17)12(8-13)5-3-6-12/h9H,3-8,13H2,1-2H3,(H,14,17)(H,15,16). The van der Waals surface area contributed by atoms with Crippen LogP contribution in [0.4, 0.5) is 0 Å². The first-order chi connectivity index (χ1) is 8.00. The number of carbonyl (C=O) groups excluding carboxylic acids is 2. The Hall–Kier alpha value is -1.10. The number of nitrogens with one attached hydrogen (secondary N) is 2. The van der Waals surface area contributed by atoms with Crippen LogP contribution < -0.4 is 16.4 Å². The summed E-state index contributed by atoms with van der Waals surface area (Å²) in [6, 6.07) is 0.139. The van der Waals surface area contributed by atoms with Crippen molar-refractivity contribution in [1.29, 1.82) is 0 Å². The van der Waals surface area contributed by atoms with Gasteiger partial charge in [0.25, 0.3) is 0 Å². The summed E-state index contributed by atoms with van der Waals surface area (Å²) in [6.45, 7) is 4.61. The Morgan fingerprint density at radius 2 is 2.00 bits per heavy atom. The molecule has 0 heterocycles. The van der Waals surface area contributed by atoms with Crippen molar-refractivity contribution in [2.24, 2.45) is 11.1 Å². The van der Waals surface area contributed by atoms with Gasteiger partial charge in [-0.05, 0) is 26.7 Å². The second kappa shape index (κ2) is 6.00. The topological polar surface area (TPSA) is 84.2 Å². The van der Waals surface area contributed by atoms with E-state index >= 15 is 0 Å². The molecular formula is C12H23N3O2. The van der Waals surface area contributed by atoms with Crippen molar-refractivity contribution in [3.05, 3.63) is 0 Å². The van der Waals surface area contributed by atoms with Gasteiger partial charge in [0.15, 0.2) is 0 Å². The Morgan fingerprint density at radius 3 is 2.41 bits per heavy atom. The maximum atomic E-state index is 11.9. The molecule has 0 spiro atoms. The molecule has 2 amide bonds. The summed E-state index contributed by atoms with van der Waals surface area (Å²) in [5.41, 5.74) is 5.27. The third kappa shape index (κ3) is 3.70. The first-order valence-corrected chi connectivity index (χ1v) is 6.28. The third-order valence-corrected chi connectivity index (χ3v) is 3.27. The zero-order chi connectivity index (χ0) is 12.9. The Kier molecular flexibility index (Phi) is 4.93. The van der Waals surface area contributed by atoms with Gasteiger partial charge >= 0.3 is 0 Å². The van der Waals surface area contributed by atoms with Gasteiger partial charge in [0.05, 0.1) is 5.41 Å². The minimum Gasteiger partial charge on any atom is -0.355 e. The summed E-state index contributed by atoms with van der Waals surface area (Å²) in [5.74, 6) is -0.0284. The second-order valence-electron chi connectivity index (χ2n) is 5.07. The van der Waals surface area contributed by atoms with Crippen LogP contribution in [0.15, 0.2) is 0 Å². The van der Waals surface area contributed by atoms with E-state index in [1.807, 2.05) is 13.8 Å². The van der Waals surface area contributed by atoms with Crippen molar-refractivity contribution < 1.29 is 9.59 Å². The maximum absolute atomic E-state index is 11.9. The molecule has 0 aromatic rings. The third-order valence-electron chi connectivity index (χ3n) is 3.27. The Morgan fingerprint density at radius 1 is 1.35 bits per heavy atom. The molecule has 1 aliphatic carbocycles. The lowest BCUT2D eigenvalue weighted by atomic mass is 9.68. The average Bonchev–Trinajstić information content (AvgIpc) is 2.15. The van der Waals surface area contributed by atoms with Gasteiger partial charge in [0, 0.05) is 25.6 Å². The highest BCUT2D eigenvalue weighted by Gasteiger charge is 2.42. The Labute approximate surface area is 103 Å². The monoisotopic (exact) mass is 241 g/mol. The van der Waals surface area contributed by atoms with Crippen molar-refractivity contribution in [2.75, 3.05) is 13.1 Å². The summed E-state index contributed by atoms with van der Waals surface area (Å²) in [5, 5.41) is 5.58. The summed E-state index contributed by atoms with van der Waals surface area (Å²) in [6.07, 6.45) is 3.13. The molecule has 0 aromatic heterocycles. The van der Waals surface area contributed by atoms with Crippen LogP contribution in [-0.2, 0) is 9.59 Å². The van der Waals surface area contributed by atoms with Gasteiger partial charge in [-0.1, -0.05) is 6.42 Å². The smallest absolute Gasteiger partial charge is 0.227 e. The first kappa shape index (κ1) is 14.0. The Bertz CT molecular complexity index is 280. The van der Waals surface area contributed by atoms with E-state index in [0.29, 0.717) is 19.5 Å². The van der Waals surface area contributed by atoms with Gasteiger partial charge in [-0.25, -0.2) is 0 Å². The maximum Gasteiger partial charge on any atom is 0.227 e. The van der Waals surface area contributed by atoms with Crippen LogP contribution in [0.2, 0.25) is 0 Å². The van der Waals surface area contributed by atoms with E-state index < -0.39 is 0 Å². The molecule has 1 saturated carbocycles. The molecule has 0 unspecified atom stereocenters. The highest BCUT2D eigenvalue weighted by molar-refractivity contribution is 5.84. The predicted octanol–water partition coefficient (Wildman–Crippen LogP) is 0.146. The van der Waals surface area contributed by atoms with Crippen molar-refractivity contribution in [3.63, 3.8) is 0 Å². The predicted molar refractivity (Wildman–Crippen MR) is 66.2 cm³/mol. The number of amides is 2. The molecule has 0 bridgehead atoms. The molecule has 0 saturated heterocycles. The molecular weight excluding hydrogens is 218 g/mol. The molecule has 4 N–H and O–H groups in total. The summed E-state index contributed by atoms with van der Waals surface area (Å²) >= 11 is 0. The molecule has 1 aliphatic rings. The number of rotatable bonds is 6. The minimum atomic E-state index is -0.353. The van der Waals surface area contributed by atoms with Gasteiger partial charge in [-0.3, -0.25) is 9.59 Å². The quantitative estimate of drug-likeness (QED) is 0.618. The van der Waals surface area contributed by atoms with Crippen LogP contribution in [-0.4, -0.2) is 30.9 Å². The van der Waals surface area contributed by atoms with Crippen LogP contribution in [0.5, 0.6) is 0 Å². The molecule has 5 heteroatoms. The van der Waals surface area contributed by atoms with Crippen LogP contribution in [0.25, 0.3) is 0 Å². The molecule has 0 aromatic carbocycles. The Balaban J connectivity index is 2.22. The van der Waals surface area contributed by atoms with Crippen LogP contribution in [0.3, 0.4) is 0 Å². The van der Waals surface area contributed by atoms with E-state index in [4.69, 9.17) is 5.73 Å². The number of carbonyl (C=O) groups is 2. The minimum absolute atomic E-state index is 0.00333. The molecule has 17 heavy (non-hydrogen) atoms. The van der Waals surface area contributed by atoms with Crippen molar-refractivity contribution in [2.45, 2.75) is 45.6 Å². The number of hydrogen-bond acceptors (Lipinski definition) is 3. The van der Waals surface area contributed by atoms with E-state index in [9.17, 15) is 9.59 Å². The van der Waals surface area contributed by atoms with E-state index in [1.54, 1.807) is 0 Å². The fraction of sp³-hybridized carbons (Fsp3) is 0.833. The molecule has 0 radical (unpaired) electrons. The fourth-order valence-electron chi connectivity index (χ4n) is 2.00. The van der Waals surface area contributed by atoms with Gasteiger partial charge < -0.3 is 16.4 Å². The van der Waals surface area contributed by atoms with Crippen LogP contribution >= 0.6 is 0 Å². The first-order valence-electron chi connectivity index (χ1n) is 6.28. The number of nitrogens with two attached hydrogens (primary N) is 1. The van der Waals surface area contributed by atoms with Gasteiger partial charge in [0.1, 0.15) is 0 Å². The lowest BCUT2D eigenvalue weighted by Gasteiger charge is -2.39. The SMILES string of the molecule is CC(C)NC(=O)CCNC(=O)C1(CN)CCC1. The van der Waals surface area contributed by atoms with Crippen LogP contribution in [0.1, 0.15) is 39.5 Å². The highest BCUT2D eigenvalue weighted by atomic mass is 16.2. The molecule has 1 fully saturated rings. The highest BCUT2D eigenvalue weighted by Crippen LogP contribution is 2.39. The van der Waals surface area contributed by atoms with Gasteiger partial charge in [0.2, 0.25) is 11.8 Å². The molecule has 1 rings (SSSR count). The number of hydrogen-bond donors (Lipinski definition) is 3. The van der Waals surface area contributed by atoms with E-state index in [0.717, 1.165) is 19.3 Å². The zero-order valence-corrected chi connectivity index (χ0v) is 10.7. The summed E-state index contributed by atoms with van der Waals surface area (Å²) in [7, 11) is 0. The zero-order valence-electron chi connectivity index (χ0n) is 10.7. The second-order valence-corrected chi connectivity index (χ2v) is 5.07. The van der Waals surface area contributed by atoms with Crippen molar-refractivity contribution >= 4 is 11.8 Å². The lowest BCUT2D eigenvalue weighted by Crippen LogP contribution is -2.50. The molecule has 0 aliphatic heterocycles. The van der Waals surface area contributed by atoms with E-state index in [1.165, 1.54) is 0 Å². The molecule has 98 valence electrons. The normalized spacial score (nSPS) is 17.4. The van der Waals surface area contributed by atoms with E-state index in [2.05, 4.69) is 10.6 Å².